The Hall–Kier alpha value is -0.0951. The molecule has 0 unspecified atom stereocenters. The van der Waals surface area contributed by atoms with E-state index < -0.39 is 0 Å². The summed E-state index contributed by atoms with van der Waals surface area (Å²) in [5.74, 6) is 0. The summed E-state index contributed by atoms with van der Waals surface area (Å²) in [5, 5.41) is 0. The van der Waals surface area contributed by atoms with Crippen molar-refractivity contribution < 1.29 is 18.4 Å². The Morgan fingerprint density at radius 2 is 2.00 bits per heavy atom. The van der Waals surface area contributed by atoms with Crippen LogP contribution in [0.2, 0.25) is 0 Å². The van der Waals surface area contributed by atoms with Gasteiger partial charge in [-0.1, -0.05) is 0 Å². The van der Waals surface area contributed by atoms with Crippen LogP contribution in [0.1, 0.15) is 0 Å². The summed E-state index contributed by atoms with van der Waals surface area (Å²) in [6.07, 6.45) is 0. The van der Waals surface area contributed by atoms with Gasteiger partial charge in [0.2, 0.25) is 0 Å². The van der Waals surface area contributed by atoms with Crippen LogP contribution in [-0.4, -0.2) is 58.2 Å². The highest BCUT2D eigenvalue weighted by Gasteiger charge is 2.56. The zero-order chi connectivity index (χ0) is 8.44. The van der Waals surface area contributed by atoms with Gasteiger partial charge in [-0.25, -0.2) is 0 Å². The second-order valence-corrected chi connectivity index (χ2v) is 3.43. The van der Waals surface area contributed by atoms with Crippen LogP contribution in [-0.2, 0) is 14.0 Å². The lowest BCUT2D eigenvalue weighted by molar-refractivity contribution is -0.816. The first-order valence-corrected chi connectivity index (χ1v) is 4.45. The first-order valence-electron chi connectivity index (χ1n) is 4.45. The van der Waals surface area contributed by atoms with E-state index in [1.165, 1.54) is 0 Å². The number of methoxy groups -OCH3 is 1. The number of fused-ring (bicyclic) bond motifs is 1. The van der Waals surface area contributed by atoms with Crippen LogP contribution in [0.3, 0.4) is 0 Å². The molecule has 2 fully saturated rings. The zero-order valence-corrected chi connectivity index (χ0v) is 7.49. The third-order valence-corrected chi connectivity index (χ3v) is 2.78. The Morgan fingerprint density at radius 3 is 2.58 bits per heavy atom. The van der Waals surface area contributed by atoms with Crippen molar-refractivity contribution in [3.8, 4) is 0 Å². The van der Waals surface area contributed by atoms with Gasteiger partial charge >= 0.3 is 7.25 Å². The molecule has 0 aliphatic carbocycles. The number of rotatable bonds is 3. The minimum Gasteiger partial charge on any atom is -0.379 e. The molecule has 0 aromatic rings. The van der Waals surface area contributed by atoms with Gasteiger partial charge in [-0.15, -0.1) is 0 Å². The van der Waals surface area contributed by atoms with Crippen molar-refractivity contribution in [1.82, 2.24) is 0 Å². The smallest absolute Gasteiger partial charge is 0.379 e. The molecule has 4 nitrogen and oxygen atoms in total. The summed E-state index contributed by atoms with van der Waals surface area (Å²) in [4.78, 5) is 0. The molecule has 5 heteroatoms. The average molecular weight is 172 g/mol. The molecule has 2 saturated heterocycles. The molecule has 2 aliphatic rings. The maximum atomic E-state index is 5.47. The summed E-state index contributed by atoms with van der Waals surface area (Å²) < 4.78 is 17.0. The van der Waals surface area contributed by atoms with Gasteiger partial charge in [0.15, 0.2) is 0 Å². The van der Waals surface area contributed by atoms with E-state index in [0.29, 0.717) is 0 Å². The Labute approximate surface area is 73.1 Å². The molecule has 2 heterocycles. The molecule has 0 aromatic carbocycles. The predicted molar refractivity (Wildman–Crippen MR) is 44.4 cm³/mol. The molecule has 68 valence electrons. The maximum absolute atomic E-state index is 5.47. The Morgan fingerprint density at radius 1 is 1.33 bits per heavy atom. The number of hydrogen-bond donors (Lipinski definition) is 0. The van der Waals surface area contributed by atoms with E-state index in [1.807, 2.05) is 0 Å². The monoisotopic (exact) mass is 172 g/mol. The van der Waals surface area contributed by atoms with Gasteiger partial charge in [-0.3, -0.25) is 0 Å². The van der Waals surface area contributed by atoms with Gasteiger partial charge in [0.25, 0.3) is 0 Å². The molecular formula is C7H15BNO3+. The zero-order valence-electron chi connectivity index (χ0n) is 7.49. The first kappa shape index (κ1) is 8.50. The van der Waals surface area contributed by atoms with E-state index in [-0.39, 0.29) is 7.25 Å². The number of hydrogen-bond acceptors (Lipinski definition) is 3. The highest BCUT2D eigenvalue weighted by atomic mass is 16.6. The lowest BCUT2D eigenvalue weighted by Gasteiger charge is -2.28. The summed E-state index contributed by atoms with van der Waals surface area (Å²) in [7, 11) is 1.74. The van der Waals surface area contributed by atoms with Gasteiger partial charge in [0.1, 0.15) is 0 Å². The molecule has 0 spiro atoms. The molecule has 0 radical (unpaired) electrons. The number of ether oxygens (including phenoxy) is 1. The van der Waals surface area contributed by atoms with Crippen LogP contribution in [0, 0.1) is 0 Å². The highest BCUT2D eigenvalue weighted by molar-refractivity contribution is 6.36. The predicted octanol–water partition coefficient (Wildman–Crippen LogP) is -0.505. The van der Waals surface area contributed by atoms with E-state index in [4.69, 9.17) is 14.0 Å². The molecule has 2 aliphatic heterocycles. The molecule has 0 N–H and O–H groups in total. The van der Waals surface area contributed by atoms with Crippen LogP contribution in [0.4, 0.5) is 0 Å². The molecular weight excluding hydrogens is 157 g/mol. The van der Waals surface area contributed by atoms with Gasteiger partial charge in [0.05, 0.1) is 39.5 Å². The maximum Gasteiger partial charge on any atom is 0.760 e. The SMILES string of the molecule is COCC[N+]12CCOB1OCC2. The van der Waals surface area contributed by atoms with Crippen LogP contribution in [0.5, 0.6) is 0 Å². The number of quaternary nitrogens is 1. The van der Waals surface area contributed by atoms with E-state index >= 15 is 0 Å². The Bertz CT molecular complexity index is 157. The van der Waals surface area contributed by atoms with E-state index in [0.717, 1.165) is 43.8 Å². The van der Waals surface area contributed by atoms with Crippen LogP contribution >= 0.6 is 0 Å². The fraction of sp³-hybridized carbons (Fsp3) is 1.00. The van der Waals surface area contributed by atoms with E-state index in [1.54, 1.807) is 7.11 Å². The minimum absolute atomic E-state index is 0.000139. The second-order valence-electron chi connectivity index (χ2n) is 3.43. The summed E-state index contributed by atoms with van der Waals surface area (Å²) >= 11 is 0. The topological polar surface area (TPSA) is 27.7 Å². The van der Waals surface area contributed by atoms with Crippen LogP contribution < -0.4 is 0 Å². The van der Waals surface area contributed by atoms with Gasteiger partial charge in [0, 0.05) is 7.11 Å². The van der Waals surface area contributed by atoms with Crippen molar-refractivity contribution in [3.05, 3.63) is 0 Å². The van der Waals surface area contributed by atoms with Gasteiger partial charge < -0.3 is 18.4 Å². The van der Waals surface area contributed by atoms with Crippen molar-refractivity contribution in [2.24, 2.45) is 0 Å². The highest BCUT2D eigenvalue weighted by Crippen LogP contribution is 2.23. The molecule has 12 heavy (non-hydrogen) atoms. The minimum atomic E-state index is 0.000139. The van der Waals surface area contributed by atoms with Crippen molar-refractivity contribution >= 4 is 7.25 Å². The average Bonchev–Trinajstić information content (AvgIpc) is 2.58. The molecule has 0 aromatic heterocycles. The third-order valence-electron chi connectivity index (χ3n) is 2.78. The standard InChI is InChI=1S/C7H15BNO3/c1-10-5-2-9-3-6-11-8(9)12-7-4-9/h2-7H2,1H3/q+1. The van der Waals surface area contributed by atoms with Crippen molar-refractivity contribution in [2.75, 3.05) is 46.6 Å². The molecule has 0 saturated carbocycles. The number of nitrogens with zero attached hydrogens (tertiary/aromatic N) is 1. The van der Waals surface area contributed by atoms with Crippen molar-refractivity contribution in [3.63, 3.8) is 0 Å². The summed E-state index contributed by atoms with van der Waals surface area (Å²) in [6.45, 7) is 5.62. The van der Waals surface area contributed by atoms with Crippen LogP contribution in [0.15, 0.2) is 0 Å². The fourth-order valence-electron chi connectivity index (χ4n) is 1.96. The first-order chi connectivity index (χ1) is 5.87. The van der Waals surface area contributed by atoms with E-state index in [9.17, 15) is 0 Å². The second kappa shape index (κ2) is 3.34. The quantitative estimate of drug-likeness (QED) is 0.537. The van der Waals surface area contributed by atoms with Crippen molar-refractivity contribution in [2.45, 2.75) is 0 Å². The van der Waals surface area contributed by atoms with E-state index in [2.05, 4.69) is 0 Å². The lowest BCUT2D eigenvalue weighted by atomic mass is 10.0. The molecule has 2 rings (SSSR count). The fourth-order valence-corrected chi connectivity index (χ4v) is 1.96. The normalized spacial score (nSPS) is 26.2. The van der Waals surface area contributed by atoms with Crippen LogP contribution in [0.25, 0.3) is 0 Å². The molecule has 0 amide bonds. The lowest BCUT2D eigenvalue weighted by Crippen LogP contribution is -2.53. The molecule has 0 atom stereocenters. The Kier molecular flexibility index (Phi) is 2.36. The third kappa shape index (κ3) is 1.27. The van der Waals surface area contributed by atoms with Crippen molar-refractivity contribution in [1.29, 1.82) is 0 Å². The molecule has 0 bridgehead atoms. The van der Waals surface area contributed by atoms with Gasteiger partial charge in [-0.2, -0.15) is 0 Å². The summed E-state index contributed by atoms with van der Waals surface area (Å²) in [6, 6.07) is 0. The van der Waals surface area contributed by atoms with Gasteiger partial charge in [-0.05, 0) is 0 Å². The summed E-state index contributed by atoms with van der Waals surface area (Å²) in [5.41, 5.74) is 0. The Balaban J connectivity index is 1.97. The largest absolute Gasteiger partial charge is 0.760 e.